The Labute approximate surface area is 85.1 Å². The molecule has 0 saturated carbocycles. The van der Waals surface area contributed by atoms with Crippen molar-refractivity contribution in [2.45, 2.75) is 27.7 Å². The quantitative estimate of drug-likeness (QED) is 0.300. The molecule has 0 aromatic carbocycles. The number of allylic oxidation sites excluding steroid dienone is 1. The molecule has 14 heavy (non-hydrogen) atoms. The third-order valence-electron chi connectivity index (χ3n) is 1.70. The lowest BCUT2D eigenvalue weighted by molar-refractivity contribution is -0.138. The van der Waals surface area contributed by atoms with Crippen molar-refractivity contribution < 1.29 is 14.3 Å². The summed E-state index contributed by atoms with van der Waals surface area (Å²) in [5.41, 5.74) is 0.164. The Morgan fingerprint density at radius 3 is 1.93 bits per heavy atom. The van der Waals surface area contributed by atoms with Gasteiger partial charge in [0, 0.05) is 5.92 Å². The van der Waals surface area contributed by atoms with Crippen LogP contribution in [0.2, 0.25) is 0 Å². The molecule has 0 unspecified atom stereocenters. The summed E-state index contributed by atoms with van der Waals surface area (Å²) in [5.74, 6) is -0.728. The maximum atomic E-state index is 11.6. The van der Waals surface area contributed by atoms with Crippen LogP contribution in [0.4, 0.5) is 0 Å². The Bertz CT molecular complexity index is 249. The molecule has 0 atom stereocenters. The molecule has 0 saturated heterocycles. The van der Waals surface area contributed by atoms with Gasteiger partial charge >= 0.3 is 5.97 Å². The molecule has 0 rings (SSSR count). The number of hydrogen-bond donors (Lipinski definition) is 0. The Hall–Kier alpha value is -1.12. The molecule has 0 aliphatic rings. The molecule has 0 aliphatic heterocycles. The van der Waals surface area contributed by atoms with Crippen LogP contribution in [0.15, 0.2) is 11.6 Å². The second-order valence-corrected chi connectivity index (χ2v) is 3.83. The Morgan fingerprint density at radius 1 is 1.14 bits per heavy atom. The van der Waals surface area contributed by atoms with Crippen LogP contribution in [-0.2, 0) is 14.3 Å². The van der Waals surface area contributed by atoms with E-state index < -0.39 is 5.97 Å². The van der Waals surface area contributed by atoms with Gasteiger partial charge in [-0.3, -0.25) is 4.79 Å². The molecule has 0 spiro atoms. The summed E-state index contributed by atoms with van der Waals surface area (Å²) in [6.45, 7) is 7.35. The van der Waals surface area contributed by atoms with E-state index in [1.165, 1.54) is 7.11 Å². The average Bonchev–Trinajstić information content (AvgIpc) is 2.11. The molecule has 3 nitrogen and oxygen atoms in total. The standard InChI is InChI=1S/C11H18O3/c1-7(2)6-9(11(13)14-5)10(12)8(3)4/h6-8H,1-5H3/b9-6-. The summed E-state index contributed by atoms with van der Waals surface area (Å²) in [6.07, 6.45) is 1.65. The molecule has 0 heterocycles. The van der Waals surface area contributed by atoms with E-state index in [0.29, 0.717) is 0 Å². The largest absolute Gasteiger partial charge is 0.465 e. The first-order valence-corrected chi connectivity index (χ1v) is 4.74. The van der Waals surface area contributed by atoms with E-state index in [9.17, 15) is 9.59 Å². The highest BCUT2D eigenvalue weighted by atomic mass is 16.5. The van der Waals surface area contributed by atoms with Gasteiger partial charge in [0.2, 0.25) is 0 Å². The van der Waals surface area contributed by atoms with Gasteiger partial charge in [-0.15, -0.1) is 0 Å². The summed E-state index contributed by atoms with van der Waals surface area (Å²) < 4.78 is 4.56. The topological polar surface area (TPSA) is 43.4 Å². The highest BCUT2D eigenvalue weighted by Crippen LogP contribution is 2.11. The molecule has 0 aromatic heterocycles. The van der Waals surface area contributed by atoms with E-state index in [2.05, 4.69) is 4.74 Å². The second-order valence-electron chi connectivity index (χ2n) is 3.83. The zero-order chi connectivity index (χ0) is 11.3. The average molecular weight is 198 g/mol. The number of carbonyl (C=O) groups is 2. The minimum absolute atomic E-state index is 0.159. The molecular formula is C11H18O3. The van der Waals surface area contributed by atoms with Crippen molar-refractivity contribution in [2.24, 2.45) is 11.8 Å². The van der Waals surface area contributed by atoms with Gasteiger partial charge < -0.3 is 4.74 Å². The number of hydrogen-bond acceptors (Lipinski definition) is 3. The predicted molar refractivity (Wildman–Crippen MR) is 54.8 cm³/mol. The van der Waals surface area contributed by atoms with Crippen LogP contribution >= 0.6 is 0 Å². The van der Waals surface area contributed by atoms with Gasteiger partial charge in [0.1, 0.15) is 0 Å². The lowest BCUT2D eigenvalue weighted by Gasteiger charge is -2.08. The number of carbonyl (C=O) groups excluding carboxylic acids is 2. The van der Waals surface area contributed by atoms with Crippen molar-refractivity contribution in [3.63, 3.8) is 0 Å². The van der Waals surface area contributed by atoms with E-state index in [-0.39, 0.29) is 23.2 Å². The summed E-state index contributed by atoms with van der Waals surface area (Å²) in [5, 5.41) is 0. The van der Waals surface area contributed by atoms with Crippen LogP contribution < -0.4 is 0 Å². The summed E-state index contributed by atoms with van der Waals surface area (Å²) in [6, 6.07) is 0. The molecule has 0 aliphatic carbocycles. The Balaban J connectivity index is 4.92. The molecule has 0 N–H and O–H groups in total. The van der Waals surface area contributed by atoms with Crippen LogP contribution in [0.5, 0.6) is 0 Å². The summed E-state index contributed by atoms with van der Waals surface area (Å²) in [7, 11) is 1.28. The Morgan fingerprint density at radius 2 is 1.64 bits per heavy atom. The van der Waals surface area contributed by atoms with E-state index in [1.54, 1.807) is 19.9 Å². The fourth-order valence-corrected chi connectivity index (χ4v) is 1.01. The first kappa shape index (κ1) is 12.9. The van der Waals surface area contributed by atoms with Gasteiger partial charge in [0.15, 0.2) is 5.78 Å². The van der Waals surface area contributed by atoms with Crippen LogP contribution in [0.3, 0.4) is 0 Å². The van der Waals surface area contributed by atoms with Crippen LogP contribution in [-0.4, -0.2) is 18.9 Å². The molecule has 0 amide bonds. The van der Waals surface area contributed by atoms with E-state index >= 15 is 0 Å². The van der Waals surface area contributed by atoms with E-state index in [4.69, 9.17) is 0 Å². The number of ketones is 1. The highest BCUT2D eigenvalue weighted by molar-refractivity contribution is 6.17. The minimum Gasteiger partial charge on any atom is -0.465 e. The third-order valence-corrected chi connectivity index (χ3v) is 1.70. The first-order valence-electron chi connectivity index (χ1n) is 4.74. The van der Waals surface area contributed by atoms with Gasteiger partial charge in [0.25, 0.3) is 0 Å². The number of esters is 1. The number of Topliss-reactive ketones (excluding diaryl/α,β-unsaturated/α-hetero) is 1. The van der Waals surface area contributed by atoms with Crippen molar-refractivity contribution in [1.82, 2.24) is 0 Å². The fraction of sp³-hybridized carbons (Fsp3) is 0.636. The molecule has 0 aromatic rings. The number of rotatable bonds is 4. The fourth-order valence-electron chi connectivity index (χ4n) is 1.01. The van der Waals surface area contributed by atoms with Gasteiger partial charge in [0.05, 0.1) is 12.7 Å². The summed E-state index contributed by atoms with van der Waals surface area (Å²) in [4.78, 5) is 22.9. The van der Waals surface area contributed by atoms with Crippen molar-refractivity contribution in [2.75, 3.05) is 7.11 Å². The number of methoxy groups -OCH3 is 1. The third kappa shape index (κ3) is 3.73. The van der Waals surface area contributed by atoms with Gasteiger partial charge in [-0.25, -0.2) is 4.79 Å². The smallest absolute Gasteiger partial charge is 0.341 e. The molecule has 0 bridgehead atoms. The molecule has 80 valence electrons. The first-order chi connectivity index (χ1) is 6.40. The van der Waals surface area contributed by atoms with Crippen molar-refractivity contribution >= 4 is 11.8 Å². The zero-order valence-corrected chi connectivity index (χ0v) is 9.46. The predicted octanol–water partition coefficient (Wildman–Crippen LogP) is 1.97. The molecule has 0 fully saturated rings. The van der Waals surface area contributed by atoms with E-state index in [0.717, 1.165) is 0 Å². The minimum atomic E-state index is -0.544. The Kier molecular flexibility index (Phi) is 5.13. The molecule has 3 heteroatoms. The van der Waals surface area contributed by atoms with Gasteiger partial charge in [-0.05, 0) is 5.92 Å². The molecule has 0 radical (unpaired) electrons. The van der Waals surface area contributed by atoms with Crippen LogP contribution in [0.25, 0.3) is 0 Å². The van der Waals surface area contributed by atoms with Crippen molar-refractivity contribution in [1.29, 1.82) is 0 Å². The normalized spacial score (nSPS) is 12.1. The van der Waals surface area contributed by atoms with Crippen LogP contribution in [0.1, 0.15) is 27.7 Å². The van der Waals surface area contributed by atoms with Gasteiger partial charge in [-0.1, -0.05) is 33.8 Å². The molecular weight excluding hydrogens is 180 g/mol. The van der Waals surface area contributed by atoms with Crippen molar-refractivity contribution in [3.8, 4) is 0 Å². The zero-order valence-electron chi connectivity index (χ0n) is 9.46. The number of ether oxygens (including phenoxy) is 1. The van der Waals surface area contributed by atoms with Crippen LogP contribution in [0, 0.1) is 11.8 Å². The van der Waals surface area contributed by atoms with E-state index in [1.807, 2.05) is 13.8 Å². The lowest BCUT2D eigenvalue weighted by Crippen LogP contribution is -2.19. The SMILES string of the molecule is COC(=O)/C(=C\C(C)C)C(=O)C(C)C. The summed E-state index contributed by atoms with van der Waals surface area (Å²) >= 11 is 0. The lowest BCUT2D eigenvalue weighted by atomic mass is 9.98. The highest BCUT2D eigenvalue weighted by Gasteiger charge is 2.21. The maximum Gasteiger partial charge on any atom is 0.341 e. The second kappa shape index (κ2) is 5.58. The maximum absolute atomic E-state index is 11.6. The monoisotopic (exact) mass is 198 g/mol. The van der Waals surface area contributed by atoms with Gasteiger partial charge in [-0.2, -0.15) is 0 Å². The van der Waals surface area contributed by atoms with Crippen molar-refractivity contribution in [3.05, 3.63) is 11.6 Å².